The quantitative estimate of drug-likeness (QED) is 0.654. The number of aliphatic hydroxyl groups excluding tert-OH is 2. The molecule has 0 fully saturated rings. The Hall–Kier alpha value is -1.10. The molecule has 0 aliphatic carbocycles. The van der Waals surface area contributed by atoms with Gasteiger partial charge in [-0.15, -0.1) is 0 Å². The van der Waals surface area contributed by atoms with Crippen LogP contribution in [0.1, 0.15) is 76.6 Å². The highest BCUT2D eigenvalue weighted by Crippen LogP contribution is 2.40. The Morgan fingerprint density at radius 1 is 0.846 bits per heavy atom. The summed E-state index contributed by atoms with van der Waals surface area (Å²) in [7, 11) is 0. The van der Waals surface area contributed by atoms with Crippen LogP contribution in [-0.2, 0) is 17.4 Å². The number of phenolic OH excluding ortho intramolecular Hbond substituents is 1. The Morgan fingerprint density at radius 2 is 1.31 bits per heavy atom. The van der Waals surface area contributed by atoms with Crippen molar-refractivity contribution in [1.29, 1.82) is 0 Å². The van der Waals surface area contributed by atoms with E-state index < -0.39 is 0 Å². The van der Waals surface area contributed by atoms with Crippen molar-refractivity contribution >= 4 is 0 Å². The zero-order valence-corrected chi connectivity index (χ0v) is 17.8. The van der Waals surface area contributed by atoms with Gasteiger partial charge in [0.05, 0.1) is 0 Å². The topological polar surface area (TPSA) is 63.9 Å². The Labute approximate surface area is 159 Å². The molecule has 3 N–H and O–H groups in total. The fraction of sp³-hybridized carbons (Fsp3) is 0.727. The van der Waals surface area contributed by atoms with Gasteiger partial charge < -0.3 is 15.3 Å². The molecule has 0 radical (unpaired) electrons. The van der Waals surface area contributed by atoms with Crippen LogP contribution in [0.15, 0.2) is 6.07 Å². The largest absolute Gasteiger partial charge is 0.507 e. The molecule has 1 aromatic carbocycles. The van der Waals surface area contributed by atoms with Crippen LogP contribution in [0, 0.1) is 6.92 Å². The van der Waals surface area contributed by atoms with Crippen LogP contribution in [0.4, 0.5) is 0 Å². The molecule has 0 aliphatic rings. The maximum atomic E-state index is 11.1. The molecule has 150 valence electrons. The lowest BCUT2D eigenvalue weighted by Gasteiger charge is -2.32. The first-order chi connectivity index (χ1) is 11.9. The van der Waals surface area contributed by atoms with Crippen molar-refractivity contribution < 1.29 is 15.3 Å². The highest BCUT2D eigenvalue weighted by atomic mass is 16.3. The van der Waals surface area contributed by atoms with Crippen molar-refractivity contribution in [2.24, 2.45) is 0 Å². The van der Waals surface area contributed by atoms with Crippen LogP contribution >= 0.6 is 0 Å². The maximum Gasteiger partial charge on any atom is 0.124 e. The number of aromatic hydroxyl groups is 1. The second-order valence-electron chi connectivity index (χ2n) is 9.35. The van der Waals surface area contributed by atoms with Crippen molar-refractivity contribution in [3.8, 4) is 5.75 Å². The van der Waals surface area contributed by atoms with E-state index >= 15 is 0 Å². The number of phenols is 1. The Morgan fingerprint density at radius 3 is 1.69 bits per heavy atom. The highest BCUT2D eigenvalue weighted by molar-refractivity contribution is 5.53. The van der Waals surface area contributed by atoms with Gasteiger partial charge in [-0.05, 0) is 47.3 Å². The predicted molar refractivity (Wildman–Crippen MR) is 109 cm³/mol. The molecule has 0 bridgehead atoms. The van der Waals surface area contributed by atoms with Gasteiger partial charge in [0, 0.05) is 38.4 Å². The van der Waals surface area contributed by atoms with Crippen LogP contribution in [0.3, 0.4) is 0 Å². The number of rotatable bonds is 8. The number of benzene rings is 1. The maximum absolute atomic E-state index is 11.1. The van der Waals surface area contributed by atoms with Gasteiger partial charge in [0.2, 0.25) is 0 Å². The molecule has 4 heteroatoms. The van der Waals surface area contributed by atoms with Crippen molar-refractivity contribution in [2.45, 2.75) is 78.7 Å². The molecule has 0 unspecified atom stereocenters. The molecular formula is C22H39NO3. The lowest BCUT2D eigenvalue weighted by atomic mass is 9.76. The summed E-state index contributed by atoms with van der Waals surface area (Å²) in [6, 6.07) is 2.17. The zero-order valence-electron chi connectivity index (χ0n) is 17.8. The molecule has 1 aromatic rings. The Balaban J connectivity index is 3.42. The molecule has 26 heavy (non-hydrogen) atoms. The highest BCUT2D eigenvalue weighted by Gasteiger charge is 2.28. The van der Waals surface area contributed by atoms with Crippen LogP contribution in [-0.4, -0.2) is 46.5 Å². The first-order valence-electron chi connectivity index (χ1n) is 9.74. The molecule has 0 spiro atoms. The van der Waals surface area contributed by atoms with E-state index in [2.05, 4.69) is 59.4 Å². The first-order valence-corrected chi connectivity index (χ1v) is 9.74. The predicted octanol–water partition coefficient (Wildman–Crippen LogP) is 3.86. The van der Waals surface area contributed by atoms with Gasteiger partial charge >= 0.3 is 0 Å². The zero-order chi connectivity index (χ0) is 20.1. The van der Waals surface area contributed by atoms with Crippen molar-refractivity contribution in [3.63, 3.8) is 0 Å². The number of hydrogen-bond donors (Lipinski definition) is 3. The van der Waals surface area contributed by atoms with E-state index in [1.165, 1.54) is 5.56 Å². The molecule has 1 rings (SSSR count). The fourth-order valence-electron chi connectivity index (χ4n) is 3.45. The third-order valence-corrected chi connectivity index (χ3v) is 4.95. The van der Waals surface area contributed by atoms with E-state index in [0.29, 0.717) is 25.1 Å². The molecule has 0 aromatic heterocycles. The summed E-state index contributed by atoms with van der Waals surface area (Å²) >= 11 is 0. The third kappa shape index (κ3) is 5.97. The van der Waals surface area contributed by atoms with Gasteiger partial charge in [-0.2, -0.15) is 0 Å². The Bertz CT molecular complexity index is 536. The SMILES string of the molecule is Cc1c(C(C)(C)C)cc(C(C)(C)C)c(O)c1CN(CCCO)CCCO. The van der Waals surface area contributed by atoms with E-state index in [1.807, 2.05) is 0 Å². The number of hydrogen-bond acceptors (Lipinski definition) is 4. The average Bonchev–Trinajstić information content (AvgIpc) is 2.50. The van der Waals surface area contributed by atoms with Crippen molar-refractivity contribution in [1.82, 2.24) is 4.90 Å². The summed E-state index contributed by atoms with van der Waals surface area (Å²) in [5.74, 6) is 0.390. The van der Waals surface area contributed by atoms with E-state index in [9.17, 15) is 15.3 Å². The minimum Gasteiger partial charge on any atom is -0.507 e. The van der Waals surface area contributed by atoms with E-state index in [0.717, 1.165) is 29.8 Å². The van der Waals surface area contributed by atoms with Crippen molar-refractivity contribution in [3.05, 3.63) is 28.3 Å². The summed E-state index contributed by atoms with van der Waals surface area (Å²) in [6.45, 7) is 17.5. The van der Waals surface area contributed by atoms with E-state index in [-0.39, 0.29) is 24.0 Å². The smallest absolute Gasteiger partial charge is 0.124 e. The molecular weight excluding hydrogens is 326 g/mol. The lowest BCUT2D eigenvalue weighted by Crippen LogP contribution is -2.28. The Kier molecular flexibility index (Phi) is 8.12. The van der Waals surface area contributed by atoms with Gasteiger partial charge in [0.15, 0.2) is 0 Å². The average molecular weight is 366 g/mol. The standard InChI is InChI=1S/C22H39NO3/c1-16-17(15-23(10-8-12-24)11-9-13-25)20(26)19(22(5,6)7)14-18(16)21(2,3)4/h14,24-26H,8-13,15H2,1-7H3. The van der Waals surface area contributed by atoms with Gasteiger partial charge in [0.25, 0.3) is 0 Å². The van der Waals surface area contributed by atoms with Gasteiger partial charge in [-0.1, -0.05) is 47.6 Å². The van der Waals surface area contributed by atoms with Crippen molar-refractivity contribution in [2.75, 3.05) is 26.3 Å². The molecule has 0 saturated heterocycles. The van der Waals surface area contributed by atoms with E-state index in [1.54, 1.807) is 0 Å². The first kappa shape index (κ1) is 22.9. The summed E-state index contributed by atoms with van der Waals surface area (Å²) in [4.78, 5) is 2.22. The summed E-state index contributed by atoms with van der Waals surface area (Å²) in [6.07, 6.45) is 1.38. The van der Waals surface area contributed by atoms with E-state index in [4.69, 9.17) is 0 Å². The molecule has 0 saturated carbocycles. The van der Waals surface area contributed by atoms with Crippen LogP contribution in [0.25, 0.3) is 0 Å². The molecule has 4 nitrogen and oxygen atoms in total. The summed E-state index contributed by atoms with van der Waals surface area (Å²) in [5.41, 5.74) is 4.20. The molecule has 0 aliphatic heterocycles. The van der Waals surface area contributed by atoms with Crippen LogP contribution < -0.4 is 0 Å². The monoisotopic (exact) mass is 365 g/mol. The lowest BCUT2D eigenvalue weighted by molar-refractivity contribution is 0.195. The third-order valence-electron chi connectivity index (χ3n) is 4.95. The minimum absolute atomic E-state index is 0.00639. The summed E-state index contributed by atoms with van der Waals surface area (Å²) in [5, 5.41) is 29.5. The van der Waals surface area contributed by atoms with Gasteiger partial charge in [-0.3, -0.25) is 4.90 Å². The number of aliphatic hydroxyl groups is 2. The van der Waals surface area contributed by atoms with Gasteiger partial charge in [-0.25, -0.2) is 0 Å². The van der Waals surface area contributed by atoms with Gasteiger partial charge in [0.1, 0.15) is 5.75 Å². The van der Waals surface area contributed by atoms with Crippen LogP contribution in [0.2, 0.25) is 0 Å². The molecule has 0 heterocycles. The second-order valence-corrected chi connectivity index (χ2v) is 9.35. The van der Waals surface area contributed by atoms with Crippen LogP contribution in [0.5, 0.6) is 5.75 Å². The normalized spacial score (nSPS) is 12.8. The fourth-order valence-corrected chi connectivity index (χ4v) is 3.45. The minimum atomic E-state index is -0.145. The molecule has 0 amide bonds. The second kappa shape index (κ2) is 9.20. The number of nitrogens with zero attached hydrogens (tertiary/aromatic N) is 1. The summed E-state index contributed by atoms with van der Waals surface area (Å²) < 4.78 is 0. The molecule has 0 atom stereocenters.